The molecule has 2 aromatic heterocycles. The average Bonchev–Trinajstić information content (AvgIpc) is 3.38. The van der Waals surface area contributed by atoms with E-state index in [9.17, 15) is 4.79 Å². The van der Waals surface area contributed by atoms with Crippen LogP contribution in [0.4, 0.5) is 0 Å². The third kappa shape index (κ3) is 4.55. The Kier molecular flexibility index (Phi) is 6.56. The third-order valence-corrected chi connectivity index (χ3v) is 6.47. The van der Waals surface area contributed by atoms with Gasteiger partial charge in [0, 0.05) is 32.1 Å². The second kappa shape index (κ2) is 9.78. The molecule has 5 nitrogen and oxygen atoms in total. The van der Waals surface area contributed by atoms with Crippen LogP contribution in [0.1, 0.15) is 23.0 Å². The minimum atomic E-state index is -0.468. The zero-order chi connectivity index (χ0) is 24.5. The van der Waals surface area contributed by atoms with Gasteiger partial charge in [-0.1, -0.05) is 71.7 Å². The molecule has 1 N–H and O–H groups in total. The third-order valence-electron chi connectivity index (χ3n) is 5.70. The standard InChI is InChI=1S/C27H20Cl3N3O2/c1-2-35-26(34)24-22(20-13-12-19(29)14-21(20)31-24)25-23(17-6-4-3-5-7-17)32-27(30)33(25)15-16-8-10-18(28)11-9-16/h3-14,31H,2,15H2,1H3. The molecule has 0 atom stereocenters. The lowest BCUT2D eigenvalue weighted by Crippen LogP contribution is -2.09. The number of benzene rings is 3. The van der Waals surface area contributed by atoms with E-state index >= 15 is 0 Å². The first-order valence-electron chi connectivity index (χ1n) is 11.0. The number of halogens is 3. The number of carbonyl (C=O) groups excluding carboxylic acids is 1. The molecular weight excluding hydrogens is 505 g/mol. The number of carbonyl (C=O) groups is 1. The summed E-state index contributed by atoms with van der Waals surface area (Å²) in [7, 11) is 0. The van der Waals surface area contributed by atoms with Gasteiger partial charge in [-0.15, -0.1) is 0 Å². The van der Waals surface area contributed by atoms with Gasteiger partial charge in [0.2, 0.25) is 5.28 Å². The van der Waals surface area contributed by atoms with Gasteiger partial charge in [0.05, 0.1) is 24.5 Å². The Labute approximate surface area is 217 Å². The number of aromatic nitrogens is 3. The second-order valence-electron chi connectivity index (χ2n) is 7.94. The van der Waals surface area contributed by atoms with Crippen LogP contribution in [0.3, 0.4) is 0 Å². The first-order valence-corrected chi connectivity index (χ1v) is 12.1. The summed E-state index contributed by atoms with van der Waals surface area (Å²) in [5, 5.41) is 2.31. The topological polar surface area (TPSA) is 59.9 Å². The minimum Gasteiger partial charge on any atom is -0.461 e. The van der Waals surface area contributed by atoms with E-state index in [4.69, 9.17) is 44.5 Å². The van der Waals surface area contributed by atoms with Crippen molar-refractivity contribution in [2.45, 2.75) is 13.5 Å². The van der Waals surface area contributed by atoms with E-state index in [0.717, 1.165) is 16.5 Å². The predicted octanol–water partition coefficient (Wildman–Crippen LogP) is 7.88. The molecule has 35 heavy (non-hydrogen) atoms. The van der Waals surface area contributed by atoms with Crippen molar-refractivity contribution in [3.05, 3.63) is 99.4 Å². The van der Waals surface area contributed by atoms with Crippen molar-refractivity contribution in [1.82, 2.24) is 14.5 Å². The fourth-order valence-electron chi connectivity index (χ4n) is 4.17. The maximum atomic E-state index is 13.1. The van der Waals surface area contributed by atoms with Crippen molar-refractivity contribution < 1.29 is 9.53 Å². The number of esters is 1. The number of imidazole rings is 1. The molecule has 0 aliphatic carbocycles. The van der Waals surface area contributed by atoms with Crippen molar-refractivity contribution in [3.8, 4) is 22.5 Å². The van der Waals surface area contributed by atoms with Crippen LogP contribution < -0.4 is 0 Å². The molecule has 0 aliphatic rings. The smallest absolute Gasteiger partial charge is 0.355 e. The van der Waals surface area contributed by atoms with Gasteiger partial charge in [-0.25, -0.2) is 9.78 Å². The van der Waals surface area contributed by atoms with Crippen LogP contribution in [0.5, 0.6) is 0 Å². The highest BCUT2D eigenvalue weighted by atomic mass is 35.5. The maximum Gasteiger partial charge on any atom is 0.355 e. The molecule has 0 saturated carbocycles. The SMILES string of the molecule is CCOC(=O)c1[nH]c2cc(Cl)ccc2c1-c1c(-c2ccccc2)nc(Cl)n1Cc1ccc(Cl)cc1. The average molecular weight is 525 g/mol. The molecule has 8 heteroatoms. The predicted molar refractivity (Wildman–Crippen MR) is 141 cm³/mol. The molecule has 0 saturated heterocycles. The van der Waals surface area contributed by atoms with Crippen molar-refractivity contribution >= 4 is 51.7 Å². The number of rotatable bonds is 6. The van der Waals surface area contributed by atoms with E-state index in [2.05, 4.69) is 4.98 Å². The number of hydrogen-bond acceptors (Lipinski definition) is 3. The molecule has 5 rings (SSSR count). The van der Waals surface area contributed by atoms with Crippen LogP contribution in [0.15, 0.2) is 72.8 Å². The van der Waals surface area contributed by atoms with E-state index in [-0.39, 0.29) is 6.61 Å². The fraction of sp³-hybridized carbons (Fsp3) is 0.111. The summed E-state index contributed by atoms with van der Waals surface area (Å²) in [6.07, 6.45) is 0. The molecule has 0 unspecified atom stereocenters. The Morgan fingerprint density at radius 2 is 1.69 bits per heavy atom. The Bertz CT molecular complexity index is 1520. The molecule has 0 fully saturated rings. The molecule has 0 spiro atoms. The van der Waals surface area contributed by atoms with Crippen LogP contribution >= 0.6 is 34.8 Å². The van der Waals surface area contributed by atoms with Gasteiger partial charge >= 0.3 is 5.97 Å². The first kappa shape index (κ1) is 23.5. The Balaban J connectivity index is 1.82. The Hall–Kier alpha value is -3.25. The molecule has 176 valence electrons. The summed E-state index contributed by atoms with van der Waals surface area (Å²) in [5.74, 6) is -0.468. The summed E-state index contributed by atoms with van der Waals surface area (Å²) in [6.45, 7) is 2.44. The maximum absolute atomic E-state index is 13.1. The largest absolute Gasteiger partial charge is 0.461 e. The summed E-state index contributed by atoms with van der Waals surface area (Å²) < 4.78 is 7.29. The highest BCUT2D eigenvalue weighted by molar-refractivity contribution is 6.31. The number of nitrogens with one attached hydrogen (secondary N) is 1. The Morgan fingerprint density at radius 3 is 2.40 bits per heavy atom. The van der Waals surface area contributed by atoms with E-state index < -0.39 is 5.97 Å². The molecular formula is C27H20Cl3N3O2. The van der Waals surface area contributed by atoms with Crippen LogP contribution in [-0.4, -0.2) is 27.1 Å². The van der Waals surface area contributed by atoms with E-state index in [1.807, 2.05) is 65.2 Å². The number of hydrogen-bond donors (Lipinski definition) is 1. The lowest BCUT2D eigenvalue weighted by atomic mass is 10.0. The van der Waals surface area contributed by atoms with Gasteiger partial charge in [-0.2, -0.15) is 0 Å². The first-order chi connectivity index (χ1) is 17.0. The van der Waals surface area contributed by atoms with E-state index in [1.165, 1.54) is 0 Å². The number of nitrogens with zero attached hydrogens (tertiary/aromatic N) is 2. The lowest BCUT2D eigenvalue weighted by molar-refractivity contribution is 0.0521. The van der Waals surface area contributed by atoms with Crippen molar-refractivity contribution in [2.24, 2.45) is 0 Å². The van der Waals surface area contributed by atoms with Crippen molar-refractivity contribution in [2.75, 3.05) is 6.61 Å². The number of H-pyrrole nitrogens is 1. The molecule has 3 aromatic carbocycles. The second-order valence-corrected chi connectivity index (χ2v) is 9.15. The number of fused-ring (bicyclic) bond motifs is 1. The molecule has 0 amide bonds. The van der Waals surface area contributed by atoms with Gasteiger partial charge in [0.25, 0.3) is 0 Å². The highest BCUT2D eigenvalue weighted by Crippen LogP contribution is 2.41. The van der Waals surface area contributed by atoms with Crippen LogP contribution in [0.2, 0.25) is 15.3 Å². The zero-order valence-electron chi connectivity index (χ0n) is 18.7. The summed E-state index contributed by atoms with van der Waals surface area (Å²) >= 11 is 19.1. The van der Waals surface area contributed by atoms with Gasteiger partial charge < -0.3 is 14.3 Å². The monoisotopic (exact) mass is 523 g/mol. The van der Waals surface area contributed by atoms with Crippen LogP contribution in [0.25, 0.3) is 33.4 Å². The van der Waals surface area contributed by atoms with E-state index in [1.54, 1.807) is 19.1 Å². The zero-order valence-corrected chi connectivity index (χ0v) is 21.0. The van der Waals surface area contributed by atoms with Crippen molar-refractivity contribution in [1.29, 1.82) is 0 Å². The highest BCUT2D eigenvalue weighted by Gasteiger charge is 2.28. The molecule has 2 heterocycles. The fourth-order valence-corrected chi connectivity index (χ4v) is 4.69. The lowest BCUT2D eigenvalue weighted by Gasteiger charge is -2.13. The van der Waals surface area contributed by atoms with E-state index in [0.29, 0.717) is 50.0 Å². The molecule has 0 aliphatic heterocycles. The number of ether oxygens (including phenoxy) is 1. The molecule has 0 bridgehead atoms. The minimum absolute atomic E-state index is 0.241. The summed E-state index contributed by atoms with van der Waals surface area (Å²) in [4.78, 5) is 21.0. The van der Waals surface area contributed by atoms with Crippen LogP contribution in [-0.2, 0) is 11.3 Å². The van der Waals surface area contributed by atoms with Gasteiger partial charge in [-0.3, -0.25) is 0 Å². The van der Waals surface area contributed by atoms with Crippen molar-refractivity contribution in [3.63, 3.8) is 0 Å². The van der Waals surface area contributed by atoms with Gasteiger partial charge in [-0.05, 0) is 48.4 Å². The van der Waals surface area contributed by atoms with Gasteiger partial charge in [0.15, 0.2) is 0 Å². The van der Waals surface area contributed by atoms with Gasteiger partial charge in [0.1, 0.15) is 5.69 Å². The summed E-state index contributed by atoms with van der Waals surface area (Å²) in [5.41, 5.74) is 4.90. The number of aromatic amines is 1. The molecule has 0 radical (unpaired) electrons. The summed E-state index contributed by atoms with van der Waals surface area (Å²) in [6, 6.07) is 22.7. The molecule has 5 aromatic rings. The van der Waals surface area contributed by atoms with Crippen LogP contribution in [0, 0.1) is 0 Å². The Morgan fingerprint density at radius 1 is 0.971 bits per heavy atom. The quantitative estimate of drug-likeness (QED) is 0.230. The normalized spacial score (nSPS) is 11.2.